The van der Waals surface area contributed by atoms with Crippen LogP contribution < -0.4 is 25.4 Å². The minimum absolute atomic E-state index is 0.0967. The zero-order valence-electron chi connectivity index (χ0n) is 38.4. The summed E-state index contributed by atoms with van der Waals surface area (Å²) in [6.45, 7) is 11.5. The van der Waals surface area contributed by atoms with E-state index >= 15 is 0 Å². The quantitative estimate of drug-likeness (QED) is 0.0948. The van der Waals surface area contributed by atoms with E-state index in [1.54, 1.807) is 44.6 Å². The van der Waals surface area contributed by atoms with Gasteiger partial charge in [-0.15, -0.1) is 0 Å². The molecule has 6 aromatic heterocycles. The van der Waals surface area contributed by atoms with Crippen molar-refractivity contribution in [1.29, 1.82) is 0 Å². The molecule has 0 radical (unpaired) electrons. The van der Waals surface area contributed by atoms with Gasteiger partial charge in [-0.25, -0.2) is 33.5 Å². The van der Waals surface area contributed by atoms with Crippen molar-refractivity contribution in [2.45, 2.75) is 66.7 Å². The number of anilines is 2. The molecule has 4 N–H and O–H groups in total. The molecule has 11 rings (SSSR count). The largest absolute Gasteiger partial charge is 0.493 e. The van der Waals surface area contributed by atoms with E-state index < -0.39 is 5.97 Å². The second-order valence-corrected chi connectivity index (χ2v) is 16.8. The fourth-order valence-electron chi connectivity index (χ4n) is 9.22. The van der Waals surface area contributed by atoms with E-state index in [-0.39, 0.29) is 36.3 Å². The predicted molar refractivity (Wildman–Crippen MR) is 253 cm³/mol. The van der Waals surface area contributed by atoms with Crippen LogP contribution in [0.15, 0.2) is 73.6 Å². The second-order valence-electron chi connectivity index (χ2n) is 16.8. The molecule has 69 heavy (non-hydrogen) atoms. The van der Waals surface area contributed by atoms with Crippen molar-refractivity contribution in [3.8, 4) is 33.8 Å². The van der Waals surface area contributed by atoms with Gasteiger partial charge in [0.2, 0.25) is 11.9 Å². The lowest BCUT2D eigenvalue weighted by Gasteiger charge is -2.24. The van der Waals surface area contributed by atoms with Gasteiger partial charge in [0, 0.05) is 107 Å². The van der Waals surface area contributed by atoms with E-state index in [0.717, 1.165) is 62.9 Å². The number of fused-ring (bicyclic) bond motifs is 5. The third-order valence-corrected chi connectivity index (χ3v) is 12.6. The number of carboxylic acid groups (broad SMARTS) is 1. The number of aryl methyl sites for hydroxylation is 2. The van der Waals surface area contributed by atoms with Crippen molar-refractivity contribution in [1.82, 2.24) is 48.9 Å². The van der Waals surface area contributed by atoms with Gasteiger partial charge in [0.1, 0.15) is 35.8 Å². The Morgan fingerprint density at radius 3 is 1.90 bits per heavy atom. The molecular formula is C50H48F2N12O5. The van der Waals surface area contributed by atoms with Crippen LogP contribution in [0.4, 0.5) is 20.7 Å². The molecule has 3 aliphatic heterocycles. The van der Waals surface area contributed by atoms with Crippen LogP contribution in [0.3, 0.4) is 0 Å². The molecule has 1 amide bonds. The summed E-state index contributed by atoms with van der Waals surface area (Å²) < 4.78 is 43.7. The molecule has 0 unspecified atom stereocenters. The van der Waals surface area contributed by atoms with Crippen LogP contribution >= 0.6 is 0 Å². The summed E-state index contributed by atoms with van der Waals surface area (Å²) >= 11 is 0. The van der Waals surface area contributed by atoms with Crippen molar-refractivity contribution in [3.05, 3.63) is 142 Å². The Labute approximate surface area is 394 Å². The molecule has 0 saturated heterocycles. The molecule has 9 heterocycles. The average Bonchev–Trinajstić information content (AvgIpc) is 4.19. The molecule has 17 nitrogen and oxygen atoms in total. The molecule has 19 heteroatoms. The maximum atomic E-state index is 14.6. The Kier molecular flexibility index (Phi) is 12.0. The van der Waals surface area contributed by atoms with Gasteiger partial charge >= 0.3 is 5.97 Å². The number of carbonyl (C=O) groups is 2. The number of carbonyl (C=O) groups excluding carboxylic acids is 1. The number of aromatic carboxylic acids is 1. The molecule has 0 spiro atoms. The van der Waals surface area contributed by atoms with Gasteiger partial charge < -0.3 is 35.4 Å². The fraction of sp³-hybridized carbons (Fsp3) is 0.280. The second kappa shape index (κ2) is 18.6. The summed E-state index contributed by atoms with van der Waals surface area (Å²) in [6, 6.07) is 13.9. The summed E-state index contributed by atoms with van der Waals surface area (Å²) in [6.07, 6.45) is 7.67. The van der Waals surface area contributed by atoms with Crippen molar-refractivity contribution in [3.63, 3.8) is 0 Å². The lowest BCUT2D eigenvalue weighted by atomic mass is 10.0. The third-order valence-electron chi connectivity index (χ3n) is 12.6. The number of benzene rings is 2. The number of nitrogens with one attached hydrogen (secondary N) is 3. The fourth-order valence-corrected chi connectivity index (χ4v) is 9.22. The Hall–Kier alpha value is -8.06. The average molecular weight is 935 g/mol. The molecule has 0 bridgehead atoms. The van der Waals surface area contributed by atoms with E-state index in [2.05, 4.69) is 40.9 Å². The van der Waals surface area contributed by atoms with E-state index in [1.807, 2.05) is 52.0 Å². The highest BCUT2D eigenvalue weighted by atomic mass is 19.1. The predicted octanol–water partition coefficient (Wildman–Crippen LogP) is 7.36. The van der Waals surface area contributed by atoms with Gasteiger partial charge in [0.15, 0.2) is 11.4 Å². The molecule has 0 atom stereocenters. The van der Waals surface area contributed by atoms with E-state index in [4.69, 9.17) is 14.5 Å². The third kappa shape index (κ3) is 8.27. The first kappa shape index (κ1) is 44.8. The maximum absolute atomic E-state index is 14.6. The van der Waals surface area contributed by atoms with Crippen molar-refractivity contribution < 1.29 is 33.0 Å². The Balaban J connectivity index is 0.000000160. The highest BCUT2D eigenvalue weighted by molar-refractivity contribution is 6.04. The first-order valence-corrected chi connectivity index (χ1v) is 22.8. The normalized spacial score (nSPS) is 13.5. The Morgan fingerprint density at radius 1 is 0.710 bits per heavy atom. The van der Waals surface area contributed by atoms with Crippen molar-refractivity contribution >= 4 is 34.8 Å². The number of nitrogens with zero attached hydrogens (tertiary/aromatic N) is 9. The minimum Gasteiger partial charge on any atom is -0.493 e. The zero-order valence-corrected chi connectivity index (χ0v) is 38.4. The number of rotatable bonds is 12. The standard InChI is InChI=1S/C25H25FN6O3.C25H23FN6O2/c1-3-27-12-20-15(5-4-14(2)31-20)18-11-29-25(32-13-30-22(23(18)32)24(33)34)28-10-17-16-8-9-35-21(16)7-6-19(17)26;1-3-31-12-20-15(5-4-14(2)30-20)18-11-28-25(32-13-29-22(23(18)32)24(31)33)27-10-17-16-8-9-34-21(16)7-6-19(17)26/h4-7,11,13,27H,3,8-10,12H2,1-2H3,(H,28,29)(H,33,34);4-7,11,13H,3,8-10,12H2,1-2H3,(H,27,28). The summed E-state index contributed by atoms with van der Waals surface area (Å²) in [5, 5.41) is 19.5. The first-order valence-electron chi connectivity index (χ1n) is 22.8. The van der Waals surface area contributed by atoms with Crippen LogP contribution in [-0.4, -0.2) is 86.9 Å². The van der Waals surface area contributed by atoms with Crippen LogP contribution in [0.2, 0.25) is 0 Å². The van der Waals surface area contributed by atoms with Crippen molar-refractivity contribution in [2.24, 2.45) is 0 Å². The monoisotopic (exact) mass is 934 g/mol. The topological polar surface area (TPSA) is 198 Å². The lowest BCUT2D eigenvalue weighted by molar-refractivity contribution is 0.0692. The summed E-state index contributed by atoms with van der Waals surface area (Å²) in [5.74, 6) is 0.333. The summed E-state index contributed by atoms with van der Waals surface area (Å²) in [5.41, 5.74) is 10.6. The number of imidazole rings is 2. The van der Waals surface area contributed by atoms with Gasteiger partial charge in [-0.2, -0.15) is 0 Å². The Morgan fingerprint density at radius 2 is 1.29 bits per heavy atom. The molecule has 8 aromatic rings. The first-order chi connectivity index (χ1) is 33.5. The van der Waals surface area contributed by atoms with Gasteiger partial charge in [-0.05, 0) is 63.7 Å². The van der Waals surface area contributed by atoms with Crippen molar-refractivity contribution in [2.75, 3.05) is 36.9 Å². The number of halogens is 2. The number of aromatic nitrogens is 8. The van der Waals surface area contributed by atoms with E-state index in [1.165, 1.54) is 18.5 Å². The highest BCUT2D eigenvalue weighted by Gasteiger charge is 2.29. The molecule has 0 saturated carbocycles. The van der Waals surface area contributed by atoms with Crippen LogP contribution in [0.25, 0.3) is 33.3 Å². The molecular weight excluding hydrogens is 887 g/mol. The Bertz CT molecular complexity index is 3340. The van der Waals surface area contributed by atoms with Crippen LogP contribution in [-0.2, 0) is 39.0 Å². The van der Waals surface area contributed by atoms with E-state index in [9.17, 15) is 23.5 Å². The minimum atomic E-state index is -1.15. The SMILES string of the molecule is CCN1Cc2nc(C)ccc2-c2cnc(NCc3c(F)ccc4c3CCO4)n3cnc(c23)C1=O.CCNCc1nc(C)ccc1-c1cnc(NCc2c(F)ccc3c2CCO3)n2cnc(C(=O)O)c12. The molecule has 352 valence electrons. The number of amides is 1. The van der Waals surface area contributed by atoms with Crippen LogP contribution in [0, 0.1) is 25.5 Å². The molecule has 2 aromatic carbocycles. The molecule has 0 aliphatic carbocycles. The van der Waals surface area contributed by atoms with E-state index in [0.29, 0.717) is 96.8 Å². The van der Waals surface area contributed by atoms with Gasteiger partial charge in [0.25, 0.3) is 5.91 Å². The van der Waals surface area contributed by atoms with Gasteiger partial charge in [0.05, 0.1) is 42.2 Å². The highest BCUT2D eigenvalue weighted by Crippen LogP contribution is 2.36. The smallest absolute Gasteiger partial charge is 0.356 e. The van der Waals surface area contributed by atoms with Crippen LogP contribution in [0.1, 0.15) is 79.9 Å². The zero-order chi connectivity index (χ0) is 47.9. The molecule has 0 fully saturated rings. The van der Waals surface area contributed by atoms with Gasteiger partial charge in [-0.1, -0.05) is 19.1 Å². The number of hydrogen-bond acceptors (Lipinski definition) is 13. The molecule has 3 aliphatic rings. The summed E-state index contributed by atoms with van der Waals surface area (Å²) in [7, 11) is 0. The number of pyridine rings is 2. The van der Waals surface area contributed by atoms with Crippen LogP contribution in [0.5, 0.6) is 11.5 Å². The van der Waals surface area contributed by atoms with Gasteiger partial charge in [-0.3, -0.25) is 23.6 Å². The number of ether oxygens (including phenoxy) is 2. The maximum Gasteiger partial charge on any atom is 0.356 e. The lowest BCUT2D eigenvalue weighted by Crippen LogP contribution is -2.32. The number of carboxylic acids is 1. The summed E-state index contributed by atoms with van der Waals surface area (Å²) in [4.78, 5) is 54.3. The number of hydrogen-bond donors (Lipinski definition) is 4.